The number of para-hydroxylation sites is 1. The summed E-state index contributed by atoms with van der Waals surface area (Å²) in [7, 11) is 1.78. The monoisotopic (exact) mass is 246 g/mol. The lowest BCUT2D eigenvalue weighted by molar-refractivity contribution is 0.288. The van der Waals surface area contributed by atoms with Gasteiger partial charge in [0.25, 0.3) is 0 Å². The highest BCUT2D eigenvalue weighted by atomic mass is 16.5. The molecular weight excluding hydrogens is 224 g/mol. The molecule has 0 spiro atoms. The number of hydrogen-bond acceptors (Lipinski definition) is 3. The van der Waals surface area contributed by atoms with E-state index in [-0.39, 0.29) is 0 Å². The van der Waals surface area contributed by atoms with Gasteiger partial charge < -0.3 is 14.5 Å². The van der Waals surface area contributed by atoms with Crippen molar-refractivity contribution in [2.75, 3.05) is 38.2 Å². The van der Waals surface area contributed by atoms with E-state index in [4.69, 9.17) is 4.74 Å². The molecule has 0 radical (unpaired) electrons. The minimum atomic E-state index is 0.638. The van der Waals surface area contributed by atoms with Gasteiger partial charge >= 0.3 is 0 Å². The highest BCUT2D eigenvalue weighted by Crippen LogP contribution is 2.40. The topological polar surface area (TPSA) is 15.7 Å². The van der Waals surface area contributed by atoms with Gasteiger partial charge in [0, 0.05) is 19.1 Å². The molecular formula is C15H22N2O. The fourth-order valence-electron chi connectivity index (χ4n) is 3.37. The lowest BCUT2D eigenvalue weighted by Gasteiger charge is -2.27. The van der Waals surface area contributed by atoms with Crippen LogP contribution in [0.3, 0.4) is 0 Å². The molecule has 0 amide bonds. The van der Waals surface area contributed by atoms with Crippen molar-refractivity contribution >= 4 is 5.69 Å². The van der Waals surface area contributed by atoms with Crippen LogP contribution in [-0.4, -0.2) is 44.2 Å². The van der Waals surface area contributed by atoms with E-state index in [1.807, 2.05) is 0 Å². The summed E-state index contributed by atoms with van der Waals surface area (Å²) in [4.78, 5) is 5.15. The highest BCUT2D eigenvalue weighted by Gasteiger charge is 2.33. The predicted molar refractivity (Wildman–Crippen MR) is 74.6 cm³/mol. The third-order valence-corrected chi connectivity index (χ3v) is 4.28. The zero-order valence-corrected chi connectivity index (χ0v) is 11.4. The molecule has 2 aliphatic heterocycles. The van der Waals surface area contributed by atoms with Gasteiger partial charge in [0.2, 0.25) is 0 Å². The van der Waals surface area contributed by atoms with E-state index in [2.05, 4.69) is 34.9 Å². The molecule has 98 valence electrons. The second-order valence-electron chi connectivity index (χ2n) is 5.27. The molecule has 3 rings (SSSR count). The molecule has 1 unspecified atom stereocenters. The number of benzene rings is 1. The summed E-state index contributed by atoms with van der Waals surface area (Å²) < 4.78 is 5.54. The number of anilines is 1. The Morgan fingerprint density at radius 1 is 1.33 bits per heavy atom. The van der Waals surface area contributed by atoms with Crippen molar-refractivity contribution in [3.8, 4) is 5.75 Å². The summed E-state index contributed by atoms with van der Waals surface area (Å²) in [5, 5.41) is 0. The number of fused-ring (bicyclic) bond motifs is 3. The van der Waals surface area contributed by atoms with Gasteiger partial charge in [0.15, 0.2) is 0 Å². The van der Waals surface area contributed by atoms with Gasteiger partial charge in [-0.2, -0.15) is 0 Å². The second kappa shape index (κ2) is 4.81. The summed E-state index contributed by atoms with van der Waals surface area (Å²) in [6.07, 6.45) is 2.42. The number of likely N-dealkylation sites (N-methyl/N-ethyl adjacent to an activating group) is 1. The minimum absolute atomic E-state index is 0.638. The van der Waals surface area contributed by atoms with Gasteiger partial charge in [-0.1, -0.05) is 19.1 Å². The van der Waals surface area contributed by atoms with Crippen molar-refractivity contribution in [1.82, 2.24) is 4.90 Å². The zero-order valence-electron chi connectivity index (χ0n) is 11.4. The average Bonchev–Trinajstić information content (AvgIpc) is 2.63. The molecule has 0 bridgehead atoms. The van der Waals surface area contributed by atoms with Crippen LogP contribution in [0.2, 0.25) is 0 Å². The lowest BCUT2D eigenvalue weighted by atomic mass is 10.1. The Kier molecular flexibility index (Phi) is 3.16. The first kappa shape index (κ1) is 11.8. The van der Waals surface area contributed by atoms with Crippen LogP contribution in [0, 0.1) is 0 Å². The zero-order chi connectivity index (χ0) is 12.5. The molecule has 0 aromatic heterocycles. The molecule has 18 heavy (non-hydrogen) atoms. The molecule has 3 nitrogen and oxygen atoms in total. The maximum Gasteiger partial charge on any atom is 0.142 e. The quantitative estimate of drug-likeness (QED) is 0.795. The Morgan fingerprint density at radius 3 is 3.00 bits per heavy atom. The fourth-order valence-corrected chi connectivity index (χ4v) is 3.37. The van der Waals surface area contributed by atoms with Crippen LogP contribution in [0.25, 0.3) is 0 Å². The number of hydrogen-bond donors (Lipinski definition) is 0. The number of ether oxygens (including phenoxy) is 1. The average molecular weight is 246 g/mol. The highest BCUT2D eigenvalue weighted by molar-refractivity contribution is 5.68. The van der Waals surface area contributed by atoms with Crippen LogP contribution < -0.4 is 9.64 Å². The maximum absolute atomic E-state index is 5.54. The fraction of sp³-hybridized carbons (Fsp3) is 0.600. The summed E-state index contributed by atoms with van der Waals surface area (Å²) in [5.74, 6) is 1.04. The number of rotatable bonds is 2. The Labute approximate surface area is 109 Å². The molecule has 0 saturated carbocycles. The van der Waals surface area contributed by atoms with Crippen LogP contribution in [0.5, 0.6) is 5.75 Å². The number of nitrogens with zero attached hydrogens (tertiary/aromatic N) is 2. The Morgan fingerprint density at radius 2 is 2.22 bits per heavy atom. The Hall–Kier alpha value is -1.22. The van der Waals surface area contributed by atoms with Gasteiger partial charge in [0.05, 0.1) is 12.8 Å². The predicted octanol–water partition coefficient (Wildman–Crippen LogP) is 2.15. The molecule has 2 heterocycles. The van der Waals surface area contributed by atoms with Crippen molar-refractivity contribution in [2.24, 2.45) is 0 Å². The molecule has 0 aliphatic carbocycles. The summed E-state index contributed by atoms with van der Waals surface area (Å²) in [5.41, 5.74) is 2.81. The first-order chi connectivity index (χ1) is 8.83. The van der Waals surface area contributed by atoms with Gasteiger partial charge in [-0.3, -0.25) is 0 Å². The van der Waals surface area contributed by atoms with Crippen molar-refractivity contribution in [2.45, 2.75) is 25.8 Å². The molecule has 2 aliphatic rings. The summed E-state index contributed by atoms with van der Waals surface area (Å²) >= 11 is 0. The smallest absolute Gasteiger partial charge is 0.142 e. The van der Waals surface area contributed by atoms with Gasteiger partial charge in [-0.25, -0.2) is 0 Å². The molecule has 1 atom stereocenters. The van der Waals surface area contributed by atoms with E-state index >= 15 is 0 Å². The molecule has 1 fully saturated rings. The standard InChI is InChI=1S/C15H22N2O/c1-3-16-8-5-9-17-13(11-16)10-12-6-4-7-14(18-2)15(12)17/h4,6-7,13H,3,5,8-11H2,1-2H3. The van der Waals surface area contributed by atoms with Crippen LogP contribution in [0.4, 0.5) is 5.69 Å². The van der Waals surface area contributed by atoms with Crippen molar-refractivity contribution in [3.05, 3.63) is 23.8 Å². The van der Waals surface area contributed by atoms with Gasteiger partial charge in [-0.15, -0.1) is 0 Å². The lowest BCUT2D eigenvalue weighted by Crippen LogP contribution is -2.38. The van der Waals surface area contributed by atoms with Crippen molar-refractivity contribution in [1.29, 1.82) is 0 Å². The Balaban J connectivity index is 1.93. The minimum Gasteiger partial charge on any atom is -0.495 e. The van der Waals surface area contributed by atoms with Crippen molar-refractivity contribution in [3.63, 3.8) is 0 Å². The summed E-state index contributed by atoms with van der Waals surface area (Å²) in [6.45, 7) is 7.01. The molecule has 1 aromatic carbocycles. The molecule has 1 aromatic rings. The van der Waals surface area contributed by atoms with E-state index in [1.54, 1.807) is 7.11 Å². The Bertz CT molecular complexity index is 433. The van der Waals surface area contributed by atoms with Crippen LogP contribution >= 0.6 is 0 Å². The van der Waals surface area contributed by atoms with E-state index in [0.717, 1.165) is 18.8 Å². The van der Waals surface area contributed by atoms with Crippen molar-refractivity contribution < 1.29 is 4.74 Å². The second-order valence-corrected chi connectivity index (χ2v) is 5.27. The third-order valence-electron chi connectivity index (χ3n) is 4.28. The van der Waals surface area contributed by atoms with Gasteiger partial charge in [0.1, 0.15) is 5.75 Å². The third kappa shape index (κ3) is 1.87. The van der Waals surface area contributed by atoms with Crippen LogP contribution in [0.15, 0.2) is 18.2 Å². The molecule has 1 saturated heterocycles. The first-order valence-corrected chi connectivity index (χ1v) is 6.98. The van der Waals surface area contributed by atoms with Crippen LogP contribution in [0.1, 0.15) is 18.9 Å². The van der Waals surface area contributed by atoms with E-state index < -0.39 is 0 Å². The van der Waals surface area contributed by atoms with E-state index in [0.29, 0.717) is 6.04 Å². The normalized spacial score (nSPS) is 23.4. The largest absolute Gasteiger partial charge is 0.495 e. The summed E-state index contributed by atoms with van der Waals surface area (Å²) in [6, 6.07) is 7.09. The maximum atomic E-state index is 5.54. The van der Waals surface area contributed by atoms with E-state index in [9.17, 15) is 0 Å². The molecule has 3 heteroatoms. The van der Waals surface area contributed by atoms with Gasteiger partial charge in [-0.05, 0) is 37.6 Å². The number of methoxy groups -OCH3 is 1. The van der Waals surface area contributed by atoms with E-state index in [1.165, 1.54) is 37.2 Å². The first-order valence-electron chi connectivity index (χ1n) is 6.98. The molecule has 0 N–H and O–H groups in total. The SMILES string of the molecule is CCN1CCCN2c3c(cccc3OC)CC2C1. The van der Waals surface area contributed by atoms with Crippen LogP contribution in [-0.2, 0) is 6.42 Å².